The maximum Gasteiger partial charge on any atom is 0.252 e. The SMILES string of the molecule is NCC(F)C(O)C(=O)NC1CC(N)C(O)C(OC2OC(CO)C(OC3OC(CN)C(O)C(O)C3N)C2O)C1O. The van der Waals surface area contributed by atoms with Crippen LogP contribution in [0.25, 0.3) is 0 Å². The monoisotopic (exact) mass is 573 g/mol. The van der Waals surface area contributed by atoms with Gasteiger partial charge in [0.15, 0.2) is 18.7 Å². The number of hydrogen-bond donors (Lipinski definition) is 12. The second-order valence-corrected chi connectivity index (χ2v) is 9.95. The number of aliphatic hydroxyl groups excluding tert-OH is 7. The molecule has 3 rings (SSSR count). The summed E-state index contributed by atoms with van der Waals surface area (Å²) in [6.45, 7) is -1.50. The Bertz CT molecular complexity index is 806. The quantitative estimate of drug-likeness (QED) is 0.115. The predicted molar refractivity (Wildman–Crippen MR) is 126 cm³/mol. The maximum absolute atomic E-state index is 13.6. The van der Waals surface area contributed by atoms with E-state index in [0.717, 1.165) is 0 Å². The normalized spacial score (nSPS) is 46.6. The van der Waals surface area contributed by atoms with E-state index in [0.29, 0.717) is 0 Å². The molecule has 18 heteroatoms. The lowest BCUT2D eigenvalue weighted by molar-refractivity contribution is -0.280. The van der Waals surface area contributed by atoms with Gasteiger partial charge in [-0.05, 0) is 6.42 Å². The molecule has 2 aliphatic heterocycles. The summed E-state index contributed by atoms with van der Waals surface area (Å²) >= 11 is 0. The van der Waals surface area contributed by atoms with E-state index in [1.54, 1.807) is 0 Å². The van der Waals surface area contributed by atoms with E-state index < -0.39 is 117 Å². The minimum Gasteiger partial charge on any atom is -0.394 e. The Hall–Kier alpha value is -1.20. The topological polar surface area (TPSA) is 312 Å². The van der Waals surface area contributed by atoms with E-state index in [1.807, 2.05) is 0 Å². The fraction of sp³-hybridized carbons (Fsp3) is 0.952. The molecule has 17 nitrogen and oxygen atoms in total. The summed E-state index contributed by atoms with van der Waals surface area (Å²) in [5, 5.41) is 74.3. The van der Waals surface area contributed by atoms with Crippen LogP contribution in [-0.2, 0) is 23.7 Å². The molecule has 16 N–H and O–H groups in total. The highest BCUT2D eigenvalue weighted by atomic mass is 19.1. The lowest BCUT2D eigenvalue weighted by atomic mass is 9.84. The largest absolute Gasteiger partial charge is 0.394 e. The van der Waals surface area contributed by atoms with Gasteiger partial charge in [0.25, 0.3) is 5.91 Å². The van der Waals surface area contributed by atoms with Crippen LogP contribution in [-0.4, -0.2) is 159 Å². The zero-order valence-corrected chi connectivity index (χ0v) is 20.9. The zero-order chi connectivity index (χ0) is 29.2. The number of ether oxygens (including phenoxy) is 4. The molecule has 1 amide bonds. The van der Waals surface area contributed by atoms with Crippen molar-refractivity contribution in [2.24, 2.45) is 22.9 Å². The highest BCUT2D eigenvalue weighted by Crippen LogP contribution is 2.32. The van der Waals surface area contributed by atoms with E-state index in [1.165, 1.54) is 0 Å². The average Bonchev–Trinajstić information content (AvgIpc) is 3.22. The second kappa shape index (κ2) is 13.6. The summed E-state index contributed by atoms with van der Waals surface area (Å²) in [5.41, 5.74) is 22.5. The van der Waals surface area contributed by atoms with Crippen molar-refractivity contribution in [3.05, 3.63) is 0 Å². The molecule has 0 aromatic carbocycles. The number of nitrogens with two attached hydrogens (primary N) is 4. The van der Waals surface area contributed by atoms with E-state index in [-0.39, 0.29) is 13.0 Å². The van der Waals surface area contributed by atoms with Gasteiger partial charge in [0.05, 0.1) is 24.8 Å². The Morgan fingerprint density at radius 2 is 1.54 bits per heavy atom. The number of alkyl halides is 1. The van der Waals surface area contributed by atoms with Gasteiger partial charge in [-0.2, -0.15) is 0 Å². The first kappa shape index (κ1) is 32.3. The van der Waals surface area contributed by atoms with Crippen LogP contribution in [0.15, 0.2) is 0 Å². The number of rotatable bonds is 10. The average molecular weight is 574 g/mol. The van der Waals surface area contributed by atoms with Gasteiger partial charge < -0.3 is 82.9 Å². The number of hydrogen-bond acceptors (Lipinski definition) is 16. The van der Waals surface area contributed by atoms with Gasteiger partial charge in [-0.3, -0.25) is 4.79 Å². The Labute approximate surface area is 222 Å². The number of carbonyl (C=O) groups is 1. The van der Waals surface area contributed by atoms with Gasteiger partial charge in [-0.25, -0.2) is 4.39 Å². The van der Waals surface area contributed by atoms with Gasteiger partial charge >= 0.3 is 0 Å². The van der Waals surface area contributed by atoms with Gasteiger partial charge in [-0.15, -0.1) is 0 Å². The van der Waals surface area contributed by atoms with Crippen molar-refractivity contribution in [3.63, 3.8) is 0 Å². The maximum atomic E-state index is 13.6. The number of amides is 1. The third kappa shape index (κ3) is 6.83. The van der Waals surface area contributed by atoms with Crippen LogP contribution in [0.4, 0.5) is 4.39 Å². The molecular formula is C21H40FN5O12. The summed E-state index contributed by atoms with van der Waals surface area (Å²) < 4.78 is 36.0. The van der Waals surface area contributed by atoms with E-state index in [9.17, 15) is 44.9 Å². The lowest BCUT2D eigenvalue weighted by Crippen LogP contribution is -2.65. The van der Waals surface area contributed by atoms with Crippen LogP contribution in [0.1, 0.15) is 6.42 Å². The highest BCUT2D eigenvalue weighted by molar-refractivity contribution is 5.81. The summed E-state index contributed by atoms with van der Waals surface area (Å²) in [6.07, 6.45) is -20.2. The minimum atomic E-state index is -2.11. The fourth-order valence-electron chi connectivity index (χ4n) is 4.83. The Kier molecular flexibility index (Phi) is 11.3. The molecule has 16 unspecified atom stereocenters. The molecule has 228 valence electrons. The standard InChI is InChI=1S/C21H40FN5O12/c22-5(2-23)11(29)19(35)27-7-1-6(25)12(30)18(13(7)31)39-21-16(34)17(9(4-28)37-21)38-20-10(26)15(33)14(32)8(3-24)36-20/h5-18,20-21,28-34H,1-4,23-26H2,(H,27,35). The molecule has 0 aromatic heterocycles. The van der Waals surface area contributed by atoms with Crippen molar-refractivity contribution in [2.45, 2.75) is 104 Å². The fourth-order valence-corrected chi connectivity index (χ4v) is 4.83. The van der Waals surface area contributed by atoms with Crippen molar-refractivity contribution in [1.82, 2.24) is 5.32 Å². The summed E-state index contributed by atoms with van der Waals surface area (Å²) in [4.78, 5) is 12.2. The van der Waals surface area contributed by atoms with Crippen LogP contribution >= 0.6 is 0 Å². The Morgan fingerprint density at radius 3 is 2.13 bits per heavy atom. The van der Waals surface area contributed by atoms with Crippen molar-refractivity contribution in [2.75, 3.05) is 19.7 Å². The number of carbonyl (C=O) groups excluding carboxylic acids is 1. The summed E-state index contributed by atoms with van der Waals surface area (Å²) in [5.74, 6) is -1.17. The second-order valence-electron chi connectivity index (χ2n) is 9.95. The molecular weight excluding hydrogens is 533 g/mol. The smallest absolute Gasteiger partial charge is 0.252 e. The van der Waals surface area contributed by atoms with Crippen LogP contribution in [0.2, 0.25) is 0 Å². The molecule has 0 radical (unpaired) electrons. The van der Waals surface area contributed by atoms with E-state index in [2.05, 4.69) is 5.32 Å². The molecule has 39 heavy (non-hydrogen) atoms. The highest BCUT2D eigenvalue weighted by Gasteiger charge is 2.53. The van der Waals surface area contributed by atoms with Crippen molar-refractivity contribution >= 4 is 5.91 Å². The zero-order valence-electron chi connectivity index (χ0n) is 20.9. The van der Waals surface area contributed by atoms with Crippen LogP contribution in [0.3, 0.4) is 0 Å². The molecule has 0 bridgehead atoms. The van der Waals surface area contributed by atoms with Gasteiger partial charge in [-0.1, -0.05) is 0 Å². The summed E-state index contributed by atoms with van der Waals surface area (Å²) in [6, 6.07) is -3.53. The Morgan fingerprint density at radius 1 is 0.923 bits per heavy atom. The van der Waals surface area contributed by atoms with Gasteiger partial charge in [0, 0.05) is 19.1 Å². The molecule has 16 atom stereocenters. The van der Waals surface area contributed by atoms with Crippen molar-refractivity contribution in [3.8, 4) is 0 Å². The van der Waals surface area contributed by atoms with E-state index in [4.69, 9.17) is 41.9 Å². The van der Waals surface area contributed by atoms with Crippen LogP contribution < -0.4 is 28.3 Å². The first-order chi connectivity index (χ1) is 18.4. The third-order valence-corrected chi connectivity index (χ3v) is 7.25. The molecule has 3 fully saturated rings. The number of nitrogens with one attached hydrogen (secondary N) is 1. The third-order valence-electron chi connectivity index (χ3n) is 7.25. The van der Waals surface area contributed by atoms with Gasteiger partial charge in [0.1, 0.15) is 55.0 Å². The van der Waals surface area contributed by atoms with Crippen molar-refractivity contribution < 1.29 is 63.9 Å². The van der Waals surface area contributed by atoms with Gasteiger partial charge in [0.2, 0.25) is 0 Å². The van der Waals surface area contributed by atoms with E-state index >= 15 is 0 Å². The minimum absolute atomic E-state index is 0.174. The van der Waals surface area contributed by atoms with Crippen LogP contribution in [0, 0.1) is 0 Å². The Balaban J connectivity index is 1.70. The molecule has 0 spiro atoms. The molecule has 1 aliphatic carbocycles. The lowest BCUT2D eigenvalue weighted by Gasteiger charge is -2.43. The summed E-state index contributed by atoms with van der Waals surface area (Å²) in [7, 11) is 0. The first-order valence-corrected chi connectivity index (χ1v) is 12.5. The number of halogens is 1. The van der Waals surface area contributed by atoms with Crippen molar-refractivity contribution in [1.29, 1.82) is 0 Å². The predicted octanol–water partition coefficient (Wildman–Crippen LogP) is -7.84. The van der Waals surface area contributed by atoms with Crippen LogP contribution in [0.5, 0.6) is 0 Å². The molecule has 2 heterocycles. The first-order valence-electron chi connectivity index (χ1n) is 12.5. The molecule has 0 aromatic rings. The molecule has 2 saturated heterocycles. The molecule has 1 saturated carbocycles. The molecule has 3 aliphatic rings. The number of aliphatic hydroxyl groups is 7.